The summed E-state index contributed by atoms with van der Waals surface area (Å²) in [5.74, 6) is -1.58. The summed E-state index contributed by atoms with van der Waals surface area (Å²) >= 11 is 0. The minimum atomic E-state index is -0.732. The Labute approximate surface area is 178 Å². The number of carbonyl (C=O) groups excluding carboxylic acids is 3. The number of nitrogens with one attached hydrogen (secondary N) is 1. The third-order valence-electron chi connectivity index (χ3n) is 4.33. The van der Waals surface area contributed by atoms with Gasteiger partial charge in [0.05, 0.1) is 5.69 Å². The first-order chi connectivity index (χ1) is 14.9. The van der Waals surface area contributed by atoms with Crippen molar-refractivity contribution in [3.8, 4) is 5.75 Å². The van der Waals surface area contributed by atoms with Gasteiger partial charge in [-0.1, -0.05) is 36.4 Å². The molecule has 0 unspecified atom stereocenters. The number of benzene rings is 3. The third kappa shape index (κ3) is 5.99. The predicted molar refractivity (Wildman–Crippen MR) is 113 cm³/mol. The monoisotopic (exact) mass is 421 g/mol. The molecule has 0 radical (unpaired) electrons. The van der Waals surface area contributed by atoms with Crippen molar-refractivity contribution in [1.29, 1.82) is 0 Å². The van der Waals surface area contributed by atoms with Gasteiger partial charge >= 0.3 is 5.97 Å². The molecule has 158 valence electrons. The van der Waals surface area contributed by atoms with Gasteiger partial charge < -0.3 is 14.8 Å². The summed E-state index contributed by atoms with van der Waals surface area (Å²) in [6.45, 7) is 0.998. The van der Waals surface area contributed by atoms with Gasteiger partial charge in [-0.2, -0.15) is 0 Å². The van der Waals surface area contributed by atoms with Crippen molar-refractivity contribution in [3.63, 3.8) is 0 Å². The molecule has 0 atom stereocenters. The number of para-hydroxylation sites is 2. The van der Waals surface area contributed by atoms with Crippen LogP contribution in [-0.4, -0.2) is 24.3 Å². The fourth-order valence-electron chi connectivity index (χ4n) is 2.80. The predicted octanol–water partition coefficient (Wildman–Crippen LogP) is 4.40. The summed E-state index contributed by atoms with van der Waals surface area (Å²) in [4.78, 5) is 36.3. The molecule has 3 aromatic rings. The molecule has 1 N–H and O–H groups in total. The summed E-state index contributed by atoms with van der Waals surface area (Å²) in [6, 6.07) is 18.8. The summed E-state index contributed by atoms with van der Waals surface area (Å²) in [5, 5.41) is 2.57. The Morgan fingerprint density at radius 3 is 2.23 bits per heavy atom. The molecule has 3 aromatic carbocycles. The molecule has 3 rings (SSSR count). The van der Waals surface area contributed by atoms with Crippen LogP contribution < -0.4 is 10.1 Å². The zero-order chi connectivity index (χ0) is 22.2. The summed E-state index contributed by atoms with van der Waals surface area (Å²) < 4.78 is 23.8. The van der Waals surface area contributed by atoms with Crippen molar-refractivity contribution >= 4 is 23.3 Å². The molecule has 0 saturated heterocycles. The lowest BCUT2D eigenvalue weighted by Gasteiger charge is -2.12. The summed E-state index contributed by atoms with van der Waals surface area (Å²) in [5.41, 5.74) is 1.59. The number of Topliss-reactive ketones (excluding diaryl/α,β-unsaturated/α-hetero) is 1. The first kappa shape index (κ1) is 21.7. The average Bonchev–Trinajstić information content (AvgIpc) is 2.77. The van der Waals surface area contributed by atoms with Crippen LogP contribution in [0.4, 0.5) is 10.1 Å². The lowest BCUT2D eigenvalue weighted by molar-refractivity contribution is -0.119. The van der Waals surface area contributed by atoms with Crippen LogP contribution in [0.3, 0.4) is 0 Å². The number of anilines is 1. The number of hydrogen-bond donors (Lipinski definition) is 1. The second-order valence-electron chi connectivity index (χ2n) is 6.64. The van der Waals surface area contributed by atoms with Gasteiger partial charge in [0, 0.05) is 5.56 Å². The average molecular weight is 421 g/mol. The Balaban J connectivity index is 1.60. The lowest BCUT2D eigenvalue weighted by atomic mass is 10.1. The number of ketones is 1. The molecular weight excluding hydrogens is 401 g/mol. The van der Waals surface area contributed by atoms with Crippen molar-refractivity contribution < 1.29 is 28.2 Å². The van der Waals surface area contributed by atoms with Crippen molar-refractivity contribution in [1.82, 2.24) is 0 Å². The molecule has 7 heteroatoms. The highest BCUT2D eigenvalue weighted by Crippen LogP contribution is 2.21. The largest absolute Gasteiger partial charge is 0.488 e. The van der Waals surface area contributed by atoms with E-state index in [9.17, 15) is 18.8 Å². The van der Waals surface area contributed by atoms with Gasteiger partial charge in [0.25, 0.3) is 5.91 Å². The Bertz CT molecular complexity index is 1100. The molecule has 0 heterocycles. The third-order valence-corrected chi connectivity index (χ3v) is 4.33. The second kappa shape index (κ2) is 10.2. The molecule has 0 spiro atoms. The molecule has 0 aliphatic rings. The Morgan fingerprint density at radius 2 is 1.52 bits per heavy atom. The molecule has 31 heavy (non-hydrogen) atoms. The smallest absolute Gasteiger partial charge is 0.342 e. The number of halogens is 1. The maximum absolute atomic E-state index is 13.0. The van der Waals surface area contributed by atoms with Crippen LogP contribution in [0.25, 0.3) is 0 Å². The second-order valence-corrected chi connectivity index (χ2v) is 6.64. The number of esters is 1. The molecule has 6 nitrogen and oxygen atoms in total. The van der Waals surface area contributed by atoms with Crippen LogP contribution >= 0.6 is 0 Å². The van der Waals surface area contributed by atoms with Gasteiger partial charge in [-0.3, -0.25) is 9.59 Å². The van der Waals surface area contributed by atoms with E-state index >= 15 is 0 Å². The van der Waals surface area contributed by atoms with Gasteiger partial charge in [0.1, 0.15) is 23.7 Å². The Kier molecular flexibility index (Phi) is 7.11. The number of rotatable bonds is 8. The highest BCUT2D eigenvalue weighted by Gasteiger charge is 2.16. The first-order valence-electron chi connectivity index (χ1n) is 9.47. The van der Waals surface area contributed by atoms with Crippen molar-refractivity contribution in [2.45, 2.75) is 13.5 Å². The zero-order valence-electron chi connectivity index (χ0n) is 16.8. The molecule has 0 aliphatic heterocycles. The highest BCUT2D eigenvalue weighted by atomic mass is 19.1. The SMILES string of the molecule is CC(=O)c1ccccc1NC(=O)COC(=O)c1ccccc1OCc1ccc(F)cc1. The van der Waals surface area contributed by atoms with Crippen molar-refractivity contribution in [2.75, 3.05) is 11.9 Å². The normalized spacial score (nSPS) is 10.3. The van der Waals surface area contributed by atoms with Gasteiger partial charge in [-0.05, 0) is 48.9 Å². The minimum absolute atomic E-state index is 0.132. The summed E-state index contributed by atoms with van der Waals surface area (Å²) in [6.07, 6.45) is 0. The molecule has 0 fully saturated rings. The molecule has 0 bridgehead atoms. The standard InChI is InChI=1S/C24H20FNO5/c1-16(27)19-6-2-4-8-21(19)26-23(28)15-31-24(29)20-7-3-5-9-22(20)30-14-17-10-12-18(25)13-11-17/h2-13H,14-15H2,1H3,(H,26,28). The maximum Gasteiger partial charge on any atom is 0.342 e. The topological polar surface area (TPSA) is 81.7 Å². The Hall–Kier alpha value is -4.00. The number of amides is 1. The van der Waals surface area contributed by atoms with E-state index in [0.29, 0.717) is 11.3 Å². The van der Waals surface area contributed by atoms with Crippen LogP contribution in [0, 0.1) is 5.82 Å². The lowest BCUT2D eigenvalue weighted by Crippen LogP contribution is -2.22. The van der Waals surface area contributed by atoms with Crippen LogP contribution in [0.15, 0.2) is 72.8 Å². The van der Waals surface area contributed by atoms with E-state index in [1.165, 1.54) is 25.1 Å². The quantitative estimate of drug-likeness (QED) is 0.431. The van der Waals surface area contributed by atoms with E-state index < -0.39 is 18.5 Å². The van der Waals surface area contributed by atoms with E-state index in [4.69, 9.17) is 9.47 Å². The van der Waals surface area contributed by atoms with E-state index in [-0.39, 0.29) is 29.5 Å². The number of hydrogen-bond acceptors (Lipinski definition) is 5. The van der Waals surface area contributed by atoms with Crippen molar-refractivity contribution in [2.24, 2.45) is 0 Å². The van der Waals surface area contributed by atoms with E-state index in [1.807, 2.05) is 0 Å². The van der Waals surface area contributed by atoms with Gasteiger partial charge in [0.15, 0.2) is 12.4 Å². The molecular formula is C24H20FNO5. The van der Waals surface area contributed by atoms with E-state index in [2.05, 4.69) is 5.32 Å². The van der Waals surface area contributed by atoms with Crippen LogP contribution in [0.5, 0.6) is 5.75 Å². The van der Waals surface area contributed by atoms with Gasteiger partial charge in [-0.25, -0.2) is 9.18 Å². The Morgan fingerprint density at radius 1 is 0.871 bits per heavy atom. The first-order valence-corrected chi connectivity index (χ1v) is 9.47. The van der Waals surface area contributed by atoms with Crippen molar-refractivity contribution in [3.05, 3.63) is 95.3 Å². The molecule has 0 aliphatic carbocycles. The summed E-state index contributed by atoms with van der Waals surface area (Å²) in [7, 11) is 0. The van der Waals surface area contributed by atoms with E-state index in [1.54, 1.807) is 54.6 Å². The zero-order valence-corrected chi connectivity index (χ0v) is 16.8. The van der Waals surface area contributed by atoms with Gasteiger partial charge in [0.2, 0.25) is 0 Å². The van der Waals surface area contributed by atoms with Gasteiger partial charge in [-0.15, -0.1) is 0 Å². The number of carbonyl (C=O) groups is 3. The molecule has 0 saturated carbocycles. The molecule has 0 aromatic heterocycles. The van der Waals surface area contributed by atoms with Crippen LogP contribution in [0.1, 0.15) is 33.2 Å². The van der Waals surface area contributed by atoms with Crippen LogP contribution in [0.2, 0.25) is 0 Å². The number of ether oxygens (including phenoxy) is 2. The maximum atomic E-state index is 13.0. The fraction of sp³-hybridized carbons (Fsp3) is 0.125. The molecule has 1 amide bonds. The fourth-order valence-corrected chi connectivity index (χ4v) is 2.80. The highest BCUT2D eigenvalue weighted by molar-refractivity contribution is 6.04. The van der Waals surface area contributed by atoms with Crippen LogP contribution in [-0.2, 0) is 16.1 Å². The minimum Gasteiger partial charge on any atom is -0.488 e. The van der Waals surface area contributed by atoms with E-state index in [0.717, 1.165) is 5.56 Å².